The number of benzene rings is 1. The Bertz CT molecular complexity index is 874. The molecule has 204 valence electrons. The second-order valence-corrected chi connectivity index (χ2v) is 10.4. The van der Waals surface area contributed by atoms with Crippen molar-refractivity contribution in [2.24, 2.45) is 0 Å². The number of nitrogens with zero attached hydrogens (tertiary/aromatic N) is 2. The zero-order valence-electron chi connectivity index (χ0n) is 23.7. The average molecular weight is 507 g/mol. The van der Waals surface area contributed by atoms with E-state index in [1.165, 1.54) is 95.1 Å². The Kier molecular flexibility index (Phi) is 16.3. The zero-order valence-corrected chi connectivity index (χ0v) is 23.7. The molecule has 1 aromatic carbocycles. The first-order valence-electron chi connectivity index (χ1n) is 14.9. The summed E-state index contributed by atoms with van der Waals surface area (Å²) in [5, 5.41) is 0. The van der Waals surface area contributed by atoms with E-state index in [1.54, 1.807) is 6.08 Å². The largest absolute Gasteiger partial charge is 0.460 e. The van der Waals surface area contributed by atoms with E-state index in [0.717, 1.165) is 36.2 Å². The number of ether oxygens (including phenoxy) is 1. The maximum absolute atomic E-state index is 12.1. The lowest BCUT2D eigenvalue weighted by molar-refractivity contribution is -0.142. The molecule has 0 saturated carbocycles. The van der Waals surface area contributed by atoms with Crippen molar-refractivity contribution in [2.75, 3.05) is 0 Å². The molecule has 0 amide bonds. The SMILES string of the molecule is CCCCCCCCCCCCc1cnc(-c2ccc(C=CC(=O)O[C@H](C)CCCCCC)cc2)nc1. The molecule has 1 heterocycles. The van der Waals surface area contributed by atoms with Gasteiger partial charge in [-0.3, -0.25) is 0 Å². The Morgan fingerprint density at radius 3 is 1.92 bits per heavy atom. The number of carbonyl (C=O) groups excluding carboxylic acids is 1. The fourth-order valence-corrected chi connectivity index (χ4v) is 4.51. The van der Waals surface area contributed by atoms with Gasteiger partial charge in [0.25, 0.3) is 0 Å². The third-order valence-electron chi connectivity index (χ3n) is 6.89. The summed E-state index contributed by atoms with van der Waals surface area (Å²) in [6.07, 6.45) is 27.4. The summed E-state index contributed by atoms with van der Waals surface area (Å²) in [4.78, 5) is 21.3. The maximum Gasteiger partial charge on any atom is 0.331 e. The molecule has 0 aliphatic heterocycles. The first-order chi connectivity index (χ1) is 18.1. The van der Waals surface area contributed by atoms with Crippen LogP contribution in [0.5, 0.6) is 0 Å². The summed E-state index contributed by atoms with van der Waals surface area (Å²) in [7, 11) is 0. The average Bonchev–Trinajstić information content (AvgIpc) is 2.92. The van der Waals surface area contributed by atoms with E-state index in [0.29, 0.717) is 0 Å². The summed E-state index contributed by atoms with van der Waals surface area (Å²) in [5.41, 5.74) is 3.14. The highest BCUT2D eigenvalue weighted by Crippen LogP contribution is 2.18. The van der Waals surface area contributed by atoms with E-state index >= 15 is 0 Å². The zero-order chi connectivity index (χ0) is 26.6. The molecule has 2 aromatic rings. The normalized spacial score (nSPS) is 12.2. The van der Waals surface area contributed by atoms with Gasteiger partial charge in [-0.15, -0.1) is 0 Å². The first kappa shape index (κ1) is 30.7. The van der Waals surface area contributed by atoms with Crippen LogP contribution in [0.2, 0.25) is 0 Å². The third-order valence-corrected chi connectivity index (χ3v) is 6.89. The topological polar surface area (TPSA) is 52.1 Å². The molecule has 0 radical (unpaired) electrons. The molecular weight excluding hydrogens is 456 g/mol. The van der Waals surface area contributed by atoms with Gasteiger partial charge in [-0.2, -0.15) is 0 Å². The first-order valence-corrected chi connectivity index (χ1v) is 14.9. The molecule has 2 rings (SSSR count). The molecule has 0 saturated heterocycles. The van der Waals surface area contributed by atoms with E-state index in [9.17, 15) is 4.79 Å². The minimum absolute atomic E-state index is 0.0402. The second kappa shape index (κ2) is 19.6. The van der Waals surface area contributed by atoms with Crippen LogP contribution in [0.25, 0.3) is 17.5 Å². The van der Waals surface area contributed by atoms with Crippen molar-refractivity contribution < 1.29 is 9.53 Å². The number of aryl methyl sites for hydroxylation is 1. The third kappa shape index (κ3) is 14.1. The quantitative estimate of drug-likeness (QED) is 0.102. The van der Waals surface area contributed by atoms with Crippen LogP contribution in [0.4, 0.5) is 0 Å². The van der Waals surface area contributed by atoms with Crippen LogP contribution in [0.1, 0.15) is 128 Å². The van der Waals surface area contributed by atoms with E-state index < -0.39 is 0 Å². The van der Waals surface area contributed by atoms with E-state index in [4.69, 9.17) is 4.74 Å². The lowest BCUT2D eigenvalue weighted by Crippen LogP contribution is -2.12. The van der Waals surface area contributed by atoms with Gasteiger partial charge < -0.3 is 4.74 Å². The summed E-state index contributed by atoms with van der Waals surface area (Å²) in [6.45, 7) is 6.44. The fourth-order valence-electron chi connectivity index (χ4n) is 4.51. The van der Waals surface area contributed by atoms with Gasteiger partial charge in [-0.25, -0.2) is 14.8 Å². The highest BCUT2D eigenvalue weighted by atomic mass is 16.5. The molecule has 0 aliphatic rings. The van der Waals surface area contributed by atoms with Crippen molar-refractivity contribution >= 4 is 12.0 Å². The molecule has 0 aliphatic carbocycles. The maximum atomic E-state index is 12.1. The van der Waals surface area contributed by atoms with Crippen LogP contribution >= 0.6 is 0 Å². The highest BCUT2D eigenvalue weighted by molar-refractivity contribution is 5.87. The van der Waals surface area contributed by atoms with Crippen molar-refractivity contribution in [3.63, 3.8) is 0 Å². The standard InChI is InChI=1S/C33H50N2O2/c1-4-6-8-10-11-12-13-14-15-17-19-30-26-34-33(35-27-30)31-23-20-29(21-24-31)22-25-32(36)37-28(3)18-16-9-7-5-2/h20-28H,4-19H2,1-3H3/t28-/m1/s1. The molecule has 4 heteroatoms. The molecule has 1 aromatic heterocycles. The number of unbranched alkanes of at least 4 members (excludes halogenated alkanes) is 12. The fraction of sp³-hybridized carbons (Fsp3) is 0.606. The number of esters is 1. The van der Waals surface area contributed by atoms with Gasteiger partial charge in [0, 0.05) is 24.0 Å². The molecule has 0 spiro atoms. The lowest BCUT2D eigenvalue weighted by Gasteiger charge is -2.11. The smallest absolute Gasteiger partial charge is 0.331 e. The number of hydrogen-bond donors (Lipinski definition) is 0. The van der Waals surface area contributed by atoms with Crippen molar-refractivity contribution in [3.05, 3.63) is 53.9 Å². The van der Waals surface area contributed by atoms with Crippen LogP contribution < -0.4 is 0 Å². The monoisotopic (exact) mass is 506 g/mol. The Hall–Kier alpha value is -2.49. The molecule has 0 N–H and O–H groups in total. The van der Waals surface area contributed by atoms with Crippen LogP contribution in [-0.2, 0) is 16.0 Å². The number of rotatable bonds is 20. The van der Waals surface area contributed by atoms with Crippen LogP contribution in [-0.4, -0.2) is 22.0 Å². The van der Waals surface area contributed by atoms with E-state index in [1.807, 2.05) is 43.6 Å². The van der Waals surface area contributed by atoms with Crippen LogP contribution in [0.3, 0.4) is 0 Å². The predicted molar refractivity (Wildman–Crippen MR) is 156 cm³/mol. The molecule has 37 heavy (non-hydrogen) atoms. The Morgan fingerprint density at radius 1 is 0.784 bits per heavy atom. The number of hydrogen-bond acceptors (Lipinski definition) is 4. The summed E-state index contributed by atoms with van der Waals surface area (Å²) >= 11 is 0. The van der Waals surface area contributed by atoms with E-state index in [2.05, 4.69) is 23.8 Å². The second-order valence-electron chi connectivity index (χ2n) is 10.4. The summed E-state index contributed by atoms with van der Waals surface area (Å²) in [6, 6.07) is 7.96. The van der Waals surface area contributed by atoms with Gasteiger partial charge in [0.1, 0.15) is 0 Å². The van der Waals surface area contributed by atoms with Gasteiger partial charge >= 0.3 is 5.97 Å². The lowest BCUT2D eigenvalue weighted by atomic mass is 10.0. The molecule has 0 bridgehead atoms. The molecule has 0 fully saturated rings. The van der Waals surface area contributed by atoms with Gasteiger partial charge in [0.2, 0.25) is 0 Å². The predicted octanol–water partition coefficient (Wildman–Crippen LogP) is 9.52. The Balaban J connectivity index is 1.67. The minimum atomic E-state index is -0.284. The van der Waals surface area contributed by atoms with Crippen molar-refractivity contribution in [2.45, 2.75) is 130 Å². The molecule has 1 atom stereocenters. The minimum Gasteiger partial charge on any atom is -0.460 e. The van der Waals surface area contributed by atoms with Crippen molar-refractivity contribution in [1.29, 1.82) is 0 Å². The molecular formula is C33H50N2O2. The van der Waals surface area contributed by atoms with E-state index in [-0.39, 0.29) is 12.1 Å². The van der Waals surface area contributed by atoms with Gasteiger partial charge in [-0.1, -0.05) is 115 Å². The molecule has 4 nitrogen and oxygen atoms in total. The van der Waals surface area contributed by atoms with Crippen molar-refractivity contribution in [1.82, 2.24) is 9.97 Å². The van der Waals surface area contributed by atoms with Gasteiger partial charge in [-0.05, 0) is 49.8 Å². The van der Waals surface area contributed by atoms with Crippen LogP contribution in [0, 0.1) is 0 Å². The van der Waals surface area contributed by atoms with Crippen LogP contribution in [0.15, 0.2) is 42.7 Å². The van der Waals surface area contributed by atoms with Crippen molar-refractivity contribution in [3.8, 4) is 11.4 Å². The highest BCUT2D eigenvalue weighted by Gasteiger charge is 2.07. The van der Waals surface area contributed by atoms with Gasteiger partial charge in [0.05, 0.1) is 6.10 Å². The summed E-state index contributed by atoms with van der Waals surface area (Å²) < 4.78 is 5.48. The Morgan fingerprint density at radius 2 is 1.32 bits per heavy atom. The van der Waals surface area contributed by atoms with Gasteiger partial charge in [0.15, 0.2) is 5.82 Å². The molecule has 0 unspecified atom stereocenters. The summed E-state index contributed by atoms with van der Waals surface area (Å²) in [5.74, 6) is 0.451. The number of aromatic nitrogens is 2. The number of carbonyl (C=O) groups is 1. The Labute approximate surface area is 226 Å².